The van der Waals surface area contributed by atoms with Crippen molar-refractivity contribution in [2.45, 2.75) is 39.6 Å². The lowest BCUT2D eigenvalue weighted by molar-refractivity contribution is -0.189. The van der Waals surface area contributed by atoms with E-state index >= 15 is 0 Å². The highest BCUT2D eigenvalue weighted by Gasteiger charge is 2.29. The van der Waals surface area contributed by atoms with Crippen LogP contribution in [0.15, 0.2) is 0 Å². The van der Waals surface area contributed by atoms with E-state index in [0.717, 1.165) is 6.42 Å². The molecule has 0 saturated carbocycles. The number of rotatable bonds is 0. The third-order valence-corrected chi connectivity index (χ3v) is 2.58. The highest BCUT2D eigenvalue weighted by atomic mass is 16.6. The predicted molar refractivity (Wildman–Crippen MR) is 39.5 cm³/mol. The summed E-state index contributed by atoms with van der Waals surface area (Å²) in [5, 5.41) is 9.15. The lowest BCUT2D eigenvalue weighted by Gasteiger charge is -2.34. The van der Waals surface area contributed by atoms with Crippen molar-refractivity contribution in [2.75, 3.05) is 0 Å². The summed E-state index contributed by atoms with van der Waals surface area (Å²) < 4.78 is 5.22. The molecule has 0 bridgehead atoms. The fraction of sp³-hybridized carbons (Fsp3) is 1.00. The van der Waals surface area contributed by atoms with Gasteiger partial charge in [0, 0.05) is 6.42 Å². The summed E-state index contributed by atoms with van der Waals surface area (Å²) in [6.07, 6.45) is 0.464. The molecule has 10 heavy (non-hydrogen) atoms. The molecule has 1 heterocycles. The molecule has 2 heteroatoms. The van der Waals surface area contributed by atoms with E-state index < -0.39 is 6.29 Å². The normalized spacial score (nSPS) is 49.2. The summed E-state index contributed by atoms with van der Waals surface area (Å²) >= 11 is 0. The number of ether oxygens (including phenoxy) is 1. The zero-order valence-electron chi connectivity index (χ0n) is 6.87. The van der Waals surface area contributed by atoms with Crippen LogP contribution in [0, 0.1) is 11.8 Å². The minimum Gasteiger partial charge on any atom is -0.368 e. The van der Waals surface area contributed by atoms with Crippen LogP contribution in [0.1, 0.15) is 27.2 Å². The van der Waals surface area contributed by atoms with Gasteiger partial charge in [-0.05, 0) is 18.8 Å². The predicted octanol–water partition coefficient (Wildman–Crippen LogP) is 1.39. The van der Waals surface area contributed by atoms with E-state index in [9.17, 15) is 0 Å². The Hall–Kier alpha value is -0.0800. The van der Waals surface area contributed by atoms with E-state index in [1.165, 1.54) is 0 Å². The monoisotopic (exact) mass is 144 g/mol. The summed E-state index contributed by atoms with van der Waals surface area (Å²) in [6, 6.07) is 0. The lowest BCUT2D eigenvalue weighted by Crippen LogP contribution is -2.36. The topological polar surface area (TPSA) is 29.5 Å². The molecule has 1 saturated heterocycles. The Labute approximate surface area is 62.2 Å². The van der Waals surface area contributed by atoms with Crippen LogP contribution in [0.25, 0.3) is 0 Å². The second kappa shape index (κ2) is 2.89. The molecule has 0 radical (unpaired) electrons. The fourth-order valence-electron chi connectivity index (χ4n) is 1.42. The van der Waals surface area contributed by atoms with Crippen molar-refractivity contribution < 1.29 is 9.84 Å². The van der Waals surface area contributed by atoms with E-state index in [4.69, 9.17) is 9.84 Å². The van der Waals surface area contributed by atoms with Crippen molar-refractivity contribution in [1.82, 2.24) is 0 Å². The average Bonchev–Trinajstić information content (AvgIpc) is 1.82. The molecular weight excluding hydrogens is 128 g/mol. The first kappa shape index (κ1) is 8.02. The summed E-state index contributed by atoms with van der Waals surface area (Å²) in [5.74, 6) is 1.15. The van der Waals surface area contributed by atoms with E-state index in [1.807, 2.05) is 6.92 Å². The van der Waals surface area contributed by atoms with Gasteiger partial charge in [0.1, 0.15) is 0 Å². The smallest absolute Gasteiger partial charge is 0.155 e. The maximum Gasteiger partial charge on any atom is 0.155 e. The van der Waals surface area contributed by atoms with E-state index in [2.05, 4.69) is 13.8 Å². The molecule has 4 atom stereocenters. The molecule has 1 N–H and O–H groups in total. The van der Waals surface area contributed by atoms with Crippen LogP contribution < -0.4 is 0 Å². The summed E-state index contributed by atoms with van der Waals surface area (Å²) in [4.78, 5) is 0. The minimum absolute atomic E-state index is 0.207. The van der Waals surface area contributed by atoms with Gasteiger partial charge in [-0.15, -0.1) is 0 Å². The number of hydrogen-bond acceptors (Lipinski definition) is 2. The lowest BCUT2D eigenvalue weighted by atomic mass is 9.86. The summed E-state index contributed by atoms with van der Waals surface area (Å²) in [6.45, 7) is 6.34. The Morgan fingerprint density at radius 1 is 1.30 bits per heavy atom. The quantitative estimate of drug-likeness (QED) is 0.556. The SMILES string of the molecule is CC1[C@H](C)O[C@@H](O)C[C@@H]1C. The summed E-state index contributed by atoms with van der Waals surface area (Å²) in [5.41, 5.74) is 0. The van der Waals surface area contributed by atoms with E-state index in [1.54, 1.807) is 0 Å². The van der Waals surface area contributed by atoms with Gasteiger partial charge in [0.2, 0.25) is 0 Å². The fourth-order valence-corrected chi connectivity index (χ4v) is 1.42. The third-order valence-electron chi connectivity index (χ3n) is 2.58. The van der Waals surface area contributed by atoms with Gasteiger partial charge in [-0.2, -0.15) is 0 Å². The summed E-state index contributed by atoms with van der Waals surface area (Å²) in [7, 11) is 0. The van der Waals surface area contributed by atoms with Gasteiger partial charge in [-0.3, -0.25) is 0 Å². The van der Waals surface area contributed by atoms with Crippen molar-refractivity contribution in [3.8, 4) is 0 Å². The standard InChI is InChI=1S/C8H16O2/c1-5-4-8(9)10-7(3)6(5)2/h5-9H,4H2,1-3H3/t5-,6?,7-,8+/m0/s1. The molecule has 0 amide bonds. The maximum atomic E-state index is 9.15. The van der Waals surface area contributed by atoms with Gasteiger partial charge in [-0.1, -0.05) is 13.8 Å². The zero-order chi connectivity index (χ0) is 7.72. The minimum atomic E-state index is -0.527. The van der Waals surface area contributed by atoms with E-state index in [0.29, 0.717) is 11.8 Å². The van der Waals surface area contributed by atoms with Gasteiger partial charge in [0.25, 0.3) is 0 Å². The molecule has 1 fully saturated rings. The van der Waals surface area contributed by atoms with Gasteiger partial charge < -0.3 is 9.84 Å². The Bertz CT molecular complexity index is 102. The van der Waals surface area contributed by atoms with Crippen LogP contribution in [0.5, 0.6) is 0 Å². The number of aliphatic hydroxyl groups is 1. The largest absolute Gasteiger partial charge is 0.368 e. The van der Waals surface area contributed by atoms with Crippen molar-refractivity contribution in [3.05, 3.63) is 0 Å². The van der Waals surface area contributed by atoms with Gasteiger partial charge in [0.05, 0.1) is 6.10 Å². The molecule has 60 valence electrons. The Kier molecular flexibility index (Phi) is 2.32. The maximum absolute atomic E-state index is 9.15. The van der Waals surface area contributed by atoms with Crippen LogP contribution in [0.2, 0.25) is 0 Å². The molecule has 0 spiro atoms. The Morgan fingerprint density at radius 2 is 1.90 bits per heavy atom. The number of aliphatic hydroxyl groups excluding tert-OH is 1. The van der Waals surface area contributed by atoms with Gasteiger partial charge in [-0.25, -0.2) is 0 Å². The first-order valence-corrected chi connectivity index (χ1v) is 3.94. The second-order valence-corrected chi connectivity index (χ2v) is 3.37. The van der Waals surface area contributed by atoms with Crippen molar-refractivity contribution in [2.24, 2.45) is 11.8 Å². The van der Waals surface area contributed by atoms with Gasteiger partial charge >= 0.3 is 0 Å². The molecule has 1 aliphatic rings. The molecule has 2 nitrogen and oxygen atoms in total. The van der Waals surface area contributed by atoms with Crippen molar-refractivity contribution >= 4 is 0 Å². The van der Waals surface area contributed by atoms with Crippen LogP contribution in [0.3, 0.4) is 0 Å². The molecule has 1 aliphatic heterocycles. The van der Waals surface area contributed by atoms with Crippen LogP contribution in [-0.4, -0.2) is 17.5 Å². The highest BCUT2D eigenvalue weighted by Crippen LogP contribution is 2.28. The highest BCUT2D eigenvalue weighted by molar-refractivity contribution is 4.74. The van der Waals surface area contributed by atoms with Crippen molar-refractivity contribution in [1.29, 1.82) is 0 Å². The average molecular weight is 144 g/mol. The Morgan fingerprint density at radius 3 is 2.40 bits per heavy atom. The van der Waals surface area contributed by atoms with Crippen LogP contribution in [0.4, 0.5) is 0 Å². The Balaban J connectivity index is 2.49. The van der Waals surface area contributed by atoms with Crippen LogP contribution in [-0.2, 0) is 4.74 Å². The zero-order valence-corrected chi connectivity index (χ0v) is 6.87. The second-order valence-electron chi connectivity index (χ2n) is 3.37. The molecule has 0 aromatic carbocycles. The van der Waals surface area contributed by atoms with Crippen molar-refractivity contribution in [3.63, 3.8) is 0 Å². The third kappa shape index (κ3) is 1.50. The molecule has 0 aromatic rings. The van der Waals surface area contributed by atoms with Gasteiger partial charge in [0.15, 0.2) is 6.29 Å². The molecular formula is C8H16O2. The molecule has 1 rings (SSSR count). The molecule has 0 aliphatic carbocycles. The molecule has 1 unspecified atom stereocenters. The van der Waals surface area contributed by atoms with E-state index in [-0.39, 0.29) is 6.10 Å². The molecule has 0 aromatic heterocycles. The first-order valence-electron chi connectivity index (χ1n) is 3.94. The first-order chi connectivity index (χ1) is 4.61. The number of hydrogen-bond donors (Lipinski definition) is 1. The van der Waals surface area contributed by atoms with Crippen LogP contribution >= 0.6 is 0 Å².